The number of nitrogens with zero attached hydrogens (tertiary/aromatic N) is 2. The molecule has 1 saturated heterocycles. The van der Waals surface area contributed by atoms with Gasteiger partial charge in [-0.05, 0) is 43.5 Å². The lowest BCUT2D eigenvalue weighted by Crippen LogP contribution is -2.28. The lowest BCUT2D eigenvalue weighted by Gasteiger charge is -2.21. The summed E-state index contributed by atoms with van der Waals surface area (Å²) in [6.07, 6.45) is 6.52. The lowest BCUT2D eigenvalue weighted by molar-refractivity contribution is -0.123. The fraction of sp³-hybridized carbons (Fsp3) is 0.389. The van der Waals surface area contributed by atoms with Crippen LogP contribution < -0.4 is 10.1 Å². The first kappa shape index (κ1) is 17.3. The predicted molar refractivity (Wildman–Crippen MR) is 88.3 cm³/mol. The summed E-state index contributed by atoms with van der Waals surface area (Å²) in [5.41, 5.74) is 0.801. The van der Waals surface area contributed by atoms with Gasteiger partial charge < -0.3 is 14.8 Å². The summed E-state index contributed by atoms with van der Waals surface area (Å²) in [7, 11) is 0. The van der Waals surface area contributed by atoms with Crippen LogP contribution in [-0.4, -0.2) is 29.1 Å². The third-order valence-electron chi connectivity index (χ3n) is 3.87. The molecule has 1 atom stereocenters. The van der Waals surface area contributed by atoms with Gasteiger partial charge in [-0.3, -0.25) is 4.79 Å². The van der Waals surface area contributed by atoms with E-state index >= 15 is 0 Å². The molecule has 1 aliphatic rings. The zero-order chi connectivity index (χ0) is 17.5. The first-order chi connectivity index (χ1) is 12.2. The van der Waals surface area contributed by atoms with Crippen molar-refractivity contribution < 1.29 is 18.7 Å². The van der Waals surface area contributed by atoms with Gasteiger partial charge in [-0.2, -0.15) is 0 Å². The number of rotatable bonds is 6. The second-order valence-corrected chi connectivity index (χ2v) is 5.82. The molecule has 2 heterocycles. The van der Waals surface area contributed by atoms with Gasteiger partial charge in [-0.1, -0.05) is 0 Å². The van der Waals surface area contributed by atoms with Crippen LogP contribution in [0.15, 0.2) is 36.7 Å². The Labute approximate surface area is 145 Å². The van der Waals surface area contributed by atoms with Crippen molar-refractivity contribution in [2.24, 2.45) is 0 Å². The minimum atomic E-state index is -0.348. The molecule has 0 spiro atoms. The summed E-state index contributed by atoms with van der Waals surface area (Å²) in [4.78, 5) is 20.5. The highest BCUT2D eigenvalue weighted by atomic mass is 19.1. The van der Waals surface area contributed by atoms with E-state index in [1.54, 1.807) is 12.4 Å². The minimum absolute atomic E-state index is 0.0264. The van der Waals surface area contributed by atoms with Gasteiger partial charge in [0.15, 0.2) is 12.4 Å². The molecule has 3 rings (SSSR count). The van der Waals surface area contributed by atoms with Gasteiger partial charge in [0.2, 0.25) is 0 Å². The number of benzene rings is 1. The second kappa shape index (κ2) is 8.53. The van der Waals surface area contributed by atoms with Crippen molar-refractivity contribution in [3.8, 4) is 5.75 Å². The molecule has 0 aliphatic carbocycles. The molecule has 25 heavy (non-hydrogen) atoms. The second-order valence-electron chi connectivity index (χ2n) is 5.82. The number of ether oxygens (including phenoxy) is 2. The van der Waals surface area contributed by atoms with Crippen LogP contribution >= 0.6 is 0 Å². The van der Waals surface area contributed by atoms with E-state index in [9.17, 15) is 9.18 Å². The van der Waals surface area contributed by atoms with Gasteiger partial charge in [0.1, 0.15) is 17.7 Å². The predicted octanol–water partition coefficient (Wildman–Crippen LogP) is 2.55. The zero-order valence-electron chi connectivity index (χ0n) is 13.8. The van der Waals surface area contributed by atoms with E-state index < -0.39 is 0 Å². The van der Waals surface area contributed by atoms with Crippen molar-refractivity contribution in [1.82, 2.24) is 15.3 Å². The van der Waals surface area contributed by atoms with Crippen molar-refractivity contribution in [3.05, 3.63) is 53.9 Å². The maximum Gasteiger partial charge on any atom is 0.258 e. The summed E-state index contributed by atoms with van der Waals surface area (Å²) in [5.74, 6) is 0.508. The molecule has 132 valence electrons. The van der Waals surface area contributed by atoms with E-state index in [1.807, 2.05) is 0 Å². The standard InChI is InChI=1S/C18H20FN3O3/c19-14-4-6-15(7-5-14)25-12-17(23)20-9-13-10-21-18(22-11-13)16-3-1-2-8-24-16/h4-7,10-11,16H,1-3,8-9,12H2,(H,20,23). The summed E-state index contributed by atoms with van der Waals surface area (Å²) < 4.78 is 23.7. The lowest BCUT2D eigenvalue weighted by atomic mass is 10.1. The minimum Gasteiger partial charge on any atom is -0.484 e. The molecule has 1 aliphatic heterocycles. The van der Waals surface area contributed by atoms with Gasteiger partial charge in [0.05, 0.1) is 0 Å². The van der Waals surface area contributed by atoms with Crippen molar-refractivity contribution in [2.75, 3.05) is 13.2 Å². The van der Waals surface area contributed by atoms with E-state index in [2.05, 4.69) is 15.3 Å². The maximum atomic E-state index is 12.8. The van der Waals surface area contributed by atoms with Crippen LogP contribution in [0.1, 0.15) is 36.8 Å². The molecular formula is C18H20FN3O3. The van der Waals surface area contributed by atoms with Gasteiger partial charge in [0.25, 0.3) is 5.91 Å². The average molecular weight is 345 g/mol. The van der Waals surface area contributed by atoms with Crippen molar-refractivity contribution in [2.45, 2.75) is 31.9 Å². The van der Waals surface area contributed by atoms with E-state index in [0.29, 0.717) is 18.1 Å². The maximum absolute atomic E-state index is 12.8. The van der Waals surface area contributed by atoms with Gasteiger partial charge >= 0.3 is 0 Å². The number of hydrogen-bond acceptors (Lipinski definition) is 5. The molecule has 0 saturated carbocycles. The SMILES string of the molecule is O=C(COc1ccc(F)cc1)NCc1cnc(C2CCCCO2)nc1. The van der Waals surface area contributed by atoms with Crippen molar-refractivity contribution in [1.29, 1.82) is 0 Å². The number of hydrogen-bond donors (Lipinski definition) is 1. The van der Waals surface area contributed by atoms with Crippen molar-refractivity contribution >= 4 is 5.91 Å². The Kier molecular flexibility index (Phi) is 5.90. The third kappa shape index (κ3) is 5.22. The highest BCUT2D eigenvalue weighted by Crippen LogP contribution is 2.24. The smallest absolute Gasteiger partial charge is 0.258 e. The molecule has 0 bridgehead atoms. The van der Waals surface area contributed by atoms with E-state index in [4.69, 9.17) is 9.47 Å². The Hall–Kier alpha value is -2.54. The zero-order valence-corrected chi connectivity index (χ0v) is 13.8. The Bertz CT molecular complexity index is 686. The van der Waals surface area contributed by atoms with E-state index in [1.165, 1.54) is 24.3 Å². The summed E-state index contributed by atoms with van der Waals surface area (Å²) in [5, 5.41) is 2.73. The molecule has 1 N–H and O–H groups in total. The van der Waals surface area contributed by atoms with Crippen molar-refractivity contribution in [3.63, 3.8) is 0 Å². The Balaban J connectivity index is 1.43. The molecule has 2 aromatic rings. The molecule has 1 fully saturated rings. The van der Waals surface area contributed by atoms with Gasteiger partial charge in [-0.15, -0.1) is 0 Å². The molecular weight excluding hydrogens is 325 g/mol. The van der Waals surface area contributed by atoms with Gasteiger partial charge in [-0.25, -0.2) is 14.4 Å². The normalized spacial score (nSPS) is 17.1. The number of halogens is 1. The number of carbonyl (C=O) groups excluding carboxylic acids is 1. The largest absolute Gasteiger partial charge is 0.484 e. The molecule has 7 heteroatoms. The first-order valence-electron chi connectivity index (χ1n) is 8.28. The van der Waals surface area contributed by atoms with Crippen LogP contribution in [0.25, 0.3) is 0 Å². The van der Waals surface area contributed by atoms with Crippen LogP contribution in [0.4, 0.5) is 4.39 Å². The van der Waals surface area contributed by atoms with Crippen LogP contribution in [0.2, 0.25) is 0 Å². The monoisotopic (exact) mass is 345 g/mol. The molecule has 0 radical (unpaired) electrons. The Morgan fingerprint density at radius 2 is 2.00 bits per heavy atom. The topological polar surface area (TPSA) is 73.3 Å². The number of nitrogens with one attached hydrogen (secondary N) is 1. The Morgan fingerprint density at radius 3 is 2.68 bits per heavy atom. The summed E-state index contributed by atoms with van der Waals surface area (Å²) >= 11 is 0. The van der Waals surface area contributed by atoms with Crippen LogP contribution in [0.5, 0.6) is 5.75 Å². The highest BCUT2D eigenvalue weighted by Gasteiger charge is 2.18. The quantitative estimate of drug-likeness (QED) is 0.871. The fourth-order valence-corrected chi connectivity index (χ4v) is 2.50. The molecule has 1 unspecified atom stereocenters. The van der Waals surface area contributed by atoms with Crippen LogP contribution in [0.3, 0.4) is 0 Å². The molecule has 1 amide bonds. The number of aromatic nitrogens is 2. The first-order valence-corrected chi connectivity index (χ1v) is 8.28. The number of carbonyl (C=O) groups is 1. The molecule has 1 aromatic carbocycles. The van der Waals surface area contributed by atoms with E-state index in [0.717, 1.165) is 31.4 Å². The average Bonchev–Trinajstić information content (AvgIpc) is 2.67. The fourth-order valence-electron chi connectivity index (χ4n) is 2.50. The van der Waals surface area contributed by atoms with E-state index in [-0.39, 0.29) is 24.4 Å². The summed E-state index contributed by atoms with van der Waals surface area (Å²) in [6.45, 7) is 0.928. The molecule has 1 aromatic heterocycles. The third-order valence-corrected chi connectivity index (χ3v) is 3.87. The molecule has 6 nitrogen and oxygen atoms in total. The van der Waals surface area contributed by atoms with Crippen LogP contribution in [-0.2, 0) is 16.1 Å². The van der Waals surface area contributed by atoms with Crippen LogP contribution in [0, 0.1) is 5.82 Å². The summed E-state index contributed by atoms with van der Waals surface area (Å²) in [6, 6.07) is 5.51. The number of amides is 1. The van der Waals surface area contributed by atoms with Gasteiger partial charge in [0, 0.05) is 31.1 Å². The Morgan fingerprint density at radius 1 is 1.24 bits per heavy atom. The highest BCUT2D eigenvalue weighted by molar-refractivity contribution is 5.77.